The van der Waals surface area contributed by atoms with Crippen LogP contribution in [0.25, 0.3) is 21.5 Å². The molecule has 13 heteroatoms. The summed E-state index contributed by atoms with van der Waals surface area (Å²) in [7, 11) is 0. The van der Waals surface area contributed by atoms with Crippen LogP contribution in [0.15, 0.2) is 36.2 Å². The van der Waals surface area contributed by atoms with E-state index < -0.39 is 0 Å². The number of esters is 1. The van der Waals surface area contributed by atoms with Gasteiger partial charge < -0.3 is 10.1 Å². The van der Waals surface area contributed by atoms with Gasteiger partial charge in [0.15, 0.2) is 0 Å². The second kappa shape index (κ2) is 12.2. The van der Waals surface area contributed by atoms with E-state index in [1.54, 1.807) is 23.7 Å². The lowest BCUT2D eigenvalue weighted by Crippen LogP contribution is -2.67. The number of hydrogen-bond acceptors (Lipinski definition) is 11. The van der Waals surface area contributed by atoms with Crippen molar-refractivity contribution >= 4 is 50.9 Å². The summed E-state index contributed by atoms with van der Waals surface area (Å²) in [6.07, 6.45) is 9.38. The van der Waals surface area contributed by atoms with E-state index in [-0.39, 0.29) is 22.9 Å². The Hall–Kier alpha value is -3.47. The average molecular weight is 594 g/mol. The summed E-state index contributed by atoms with van der Waals surface area (Å²) < 4.78 is 9.68. The lowest BCUT2D eigenvalue weighted by molar-refractivity contribution is -0.144. The molecule has 1 aliphatic heterocycles. The van der Waals surface area contributed by atoms with E-state index in [2.05, 4.69) is 47.1 Å². The van der Waals surface area contributed by atoms with E-state index in [9.17, 15) is 10.1 Å². The summed E-state index contributed by atoms with van der Waals surface area (Å²) in [5, 5.41) is 23.9. The van der Waals surface area contributed by atoms with Gasteiger partial charge in [-0.15, -0.1) is 23.1 Å². The van der Waals surface area contributed by atoms with Crippen LogP contribution in [0, 0.1) is 11.3 Å². The number of carbonyl (C=O) groups excluding carboxylic acids is 1. The Morgan fingerprint density at radius 2 is 2.07 bits per heavy atom. The van der Waals surface area contributed by atoms with E-state index in [0.717, 1.165) is 53.2 Å². The van der Waals surface area contributed by atoms with E-state index in [4.69, 9.17) is 14.8 Å². The molecule has 4 aromatic rings. The third-order valence-electron chi connectivity index (χ3n) is 7.22. The first-order valence-corrected chi connectivity index (χ1v) is 15.7. The normalized spacial score (nSPS) is 15.0. The lowest BCUT2D eigenvalue weighted by Gasteiger charge is -2.55. The van der Waals surface area contributed by atoms with Gasteiger partial charge in [0.1, 0.15) is 12.1 Å². The molecular weight excluding hydrogens is 559 g/mol. The molecule has 0 atom stereocenters. The first-order chi connectivity index (χ1) is 19.8. The van der Waals surface area contributed by atoms with Gasteiger partial charge in [0.2, 0.25) is 5.95 Å². The Balaban J connectivity index is 1.35. The monoisotopic (exact) mass is 593 g/mol. The molecule has 0 aliphatic carbocycles. The number of carbonyl (C=O) groups is 1. The summed E-state index contributed by atoms with van der Waals surface area (Å²) >= 11 is 3.49. The summed E-state index contributed by atoms with van der Waals surface area (Å²) in [5.74, 6) is 1.14. The number of nitrogens with zero attached hydrogens (tertiary/aromatic N) is 8. The van der Waals surface area contributed by atoms with Gasteiger partial charge in [0.05, 0.1) is 58.0 Å². The molecule has 4 aromatic heterocycles. The van der Waals surface area contributed by atoms with Crippen molar-refractivity contribution in [2.45, 2.75) is 63.9 Å². The Bertz CT molecular complexity index is 1550. The second-order valence-corrected chi connectivity index (χ2v) is 13.4. The number of unbranched alkanes of at least 4 members (excludes halogenated alkanes) is 1. The molecular formula is C28H35N9O2S2. The predicted octanol–water partition coefficient (Wildman–Crippen LogP) is 5.25. The van der Waals surface area contributed by atoms with Gasteiger partial charge >= 0.3 is 5.97 Å². The van der Waals surface area contributed by atoms with Crippen LogP contribution in [0.3, 0.4) is 0 Å². The molecule has 5 heterocycles. The molecule has 1 saturated heterocycles. The van der Waals surface area contributed by atoms with Crippen molar-refractivity contribution in [3.05, 3.63) is 36.2 Å². The molecule has 0 saturated carbocycles. The SMILES string of the molecule is CCCCOC(=O)Cn1cc(Nc2nc(-c3cnn(C4(CC#N)CN(C(C)(C)SCC)C4)c3)c3sccc3n2)cn1. The number of nitriles is 1. The van der Waals surface area contributed by atoms with Crippen molar-refractivity contribution in [3.8, 4) is 17.3 Å². The largest absolute Gasteiger partial charge is 0.464 e. The highest BCUT2D eigenvalue weighted by Crippen LogP contribution is 2.42. The van der Waals surface area contributed by atoms with Crippen molar-refractivity contribution in [3.63, 3.8) is 0 Å². The summed E-state index contributed by atoms with van der Waals surface area (Å²) in [5.41, 5.74) is 2.76. The molecule has 41 heavy (non-hydrogen) atoms. The quantitative estimate of drug-likeness (QED) is 0.162. The minimum absolute atomic E-state index is 0.00319. The number of likely N-dealkylation sites (tertiary alicyclic amines) is 1. The van der Waals surface area contributed by atoms with Crippen molar-refractivity contribution < 1.29 is 9.53 Å². The fraction of sp³-hybridized carbons (Fsp3) is 0.500. The number of aromatic nitrogens is 6. The van der Waals surface area contributed by atoms with Gasteiger partial charge in [0.25, 0.3) is 0 Å². The highest BCUT2D eigenvalue weighted by atomic mass is 32.2. The van der Waals surface area contributed by atoms with E-state index in [1.165, 1.54) is 4.68 Å². The van der Waals surface area contributed by atoms with Crippen LogP contribution >= 0.6 is 23.1 Å². The van der Waals surface area contributed by atoms with Crippen LogP contribution in [0.4, 0.5) is 11.6 Å². The maximum Gasteiger partial charge on any atom is 0.327 e. The Kier molecular flexibility index (Phi) is 8.63. The number of fused-ring (bicyclic) bond motifs is 1. The summed E-state index contributed by atoms with van der Waals surface area (Å²) in [6, 6.07) is 4.35. The summed E-state index contributed by atoms with van der Waals surface area (Å²) in [4.78, 5) is 24.0. The van der Waals surface area contributed by atoms with Gasteiger partial charge in [0, 0.05) is 31.0 Å². The minimum Gasteiger partial charge on any atom is -0.464 e. The van der Waals surface area contributed by atoms with Crippen molar-refractivity contribution in [2.24, 2.45) is 0 Å². The van der Waals surface area contributed by atoms with Crippen molar-refractivity contribution in [1.29, 1.82) is 5.26 Å². The van der Waals surface area contributed by atoms with E-state index in [0.29, 0.717) is 24.7 Å². The number of ether oxygens (including phenoxy) is 1. The fourth-order valence-electron chi connectivity index (χ4n) is 4.95. The van der Waals surface area contributed by atoms with Gasteiger partial charge in [-0.2, -0.15) is 15.5 Å². The standard InChI is InChI=1S/C28H35N9O2S2/c1-5-7-11-39-23(38)17-36-16-21(14-30-36)32-26-33-22-8-12-40-25(22)24(34-26)20-13-31-37(15-20)28(9-10-29)18-35(19-28)27(3,4)41-6-2/h8,12-16H,5-7,9,11,17-19H2,1-4H3,(H,32,33,34). The molecule has 0 radical (unpaired) electrons. The number of thiophene rings is 1. The molecule has 5 rings (SSSR count). The molecule has 11 nitrogen and oxygen atoms in total. The van der Waals surface area contributed by atoms with Gasteiger partial charge in [-0.05, 0) is 37.5 Å². The number of rotatable bonds is 13. The van der Waals surface area contributed by atoms with Gasteiger partial charge in [-0.1, -0.05) is 20.3 Å². The van der Waals surface area contributed by atoms with Crippen LogP contribution in [0.2, 0.25) is 0 Å². The first kappa shape index (κ1) is 29.0. The predicted molar refractivity (Wildman–Crippen MR) is 162 cm³/mol. The van der Waals surface area contributed by atoms with Crippen LogP contribution in [0.5, 0.6) is 0 Å². The molecule has 1 N–H and O–H groups in total. The number of nitrogens with one attached hydrogen (secondary N) is 1. The minimum atomic E-state index is -0.368. The van der Waals surface area contributed by atoms with Crippen molar-refractivity contribution in [1.82, 2.24) is 34.4 Å². The lowest BCUT2D eigenvalue weighted by atomic mass is 9.85. The molecule has 0 amide bonds. The molecule has 1 fully saturated rings. The fourth-order valence-corrected chi connectivity index (χ4v) is 6.81. The molecule has 0 aromatic carbocycles. The highest BCUT2D eigenvalue weighted by Gasteiger charge is 2.50. The molecule has 0 spiro atoms. The zero-order valence-corrected chi connectivity index (χ0v) is 25.5. The maximum atomic E-state index is 12.1. The molecule has 0 unspecified atom stereocenters. The number of anilines is 2. The highest BCUT2D eigenvalue weighted by molar-refractivity contribution is 8.00. The van der Waals surface area contributed by atoms with E-state index >= 15 is 0 Å². The zero-order valence-electron chi connectivity index (χ0n) is 23.8. The molecule has 1 aliphatic rings. The number of thioether (sulfide) groups is 1. The average Bonchev–Trinajstić information content (AvgIpc) is 3.67. The Morgan fingerprint density at radius 3 is 2.83 bits per heavy atom. The third-order valence-corrected chi connectivity index (χ3v) is 9.39. The summed E-state index contributed by atoms with van der Waals surface area (Å²) in [6.45, 7) is 10.7. The second-order valence-electron chi connectivity index (χ2n) is 10.6. The third kappa shape index (κ3) is 6.24. The van der Waals surface area contributed by atoms with Gasteiger partial charge in [-0.3, -0.25) is 19.1 Å². The number of hydrogen-bond donors (Lipinski definition) is 1. The first-order valence-electron chi connectivity index (χ1n) is 13.8. The van der Waals surface area contributed by atoms with Crippen LogP contribution in [-0.4, -0.2) is 70.7 Å². The Morgan fingerprint density at radius 1 is 1.24 bits per heavy atom. The zero-order chi connectivity index (χ0) is 29.0. The van der Waals surface area contributed by atoms with E-state index in [1.807, 2.05) is 47.2 Å². The topological polar surface area (TPSA) is 127 Å². The van der Waals surface area contributed by atoms with Crippen LogP contribution in [-0.2, 0) is 21.6 Å². The smallest absolute Gasteiger partial charge is 0.327 e. The molecule has 216 valence electrons. The molecule has 0 bridgehead atoms. The maximum absolute atomic E-state index is 12.1. The van der Waals surface area contributed by atoms with Crippen LogP contribution in [0.1, 0.15) is 47.0 Å². The Labute approximate surface area is 247 Å². The van der Waals surface area contributed by atoms with Crippen molar-refractivity contribution in [2.75, 3.05) is 30.8 Å². The van der Waals surface area contributed by atoms with Gasteiger partial charge in [-0.25, -0.2) is 9.97 Å². The van der Waals surface area contributed by atoms with Crippen LogP contribution < -0.4 is 5.32 Å².